The van der Waals surface area contributed by atoms with Gasteiger partial charge in [0.1, 0.15) is 5.75 Å². The fraction of sp³-hybridized carbons (Fsp3) is 0.120. The van der Waals surface area contributed by atoms with E-state index in [9.17, 15) is 31.1 Å². The molecule has 0 saturated carbocycles. The molecule has 2 N–H and O–H groups in total. The van der Waals surface area contributed by atoms with E-state index in [-0.39, 0.29) is 28.7 Å². The summed E-state index contributed by atoms with van der Waals surface area (Å²) in [7, 11) is 0. The molecular weight excluding hydrogens is 518 g/mol. The molecule has 38 heavy (non-hydrogen) atoms. The molecule has 0 aliphatic rings. The van der Waals surface area contributed by atoms with Gasteiger partial charge in [-0.25, -0.2) is 4.79 Å². The number of ether oxygens (including phenoxy) is 2. The average molecular weight is 536 g/mol. The van der Waals surface area contributed by atoms with Crippen molar-refractivity contribution in [2.24, 2.45) is 0 Å². The van der Waals surface area contributed by atoms with Gasteiger partial charge in [-0.3, -0.25) is 0 Å². The Balaban J connectivity index is 1.53. The van der Waals surface area contributed by atoms with Gasteiger partial charge in [0.15, 0.2) is 5.75 Å². The van der Waals surface area contributed by atoms with E-state index < -0.39 is 29.9 Å². The number of carbonyl (C=O) groups is 1. The number of hydrogen-bond acceptors (Lipinski definition) is 4. The lowest BCUT2D eigenvalue weighted by Gasteiger charge is -2.16. The molecule has 0 bridgehead atoms. The Morgan fingerprint density at radius 2 is 1.53 bits per heavy atom. The van der Waals surface area contributed by atoms with Crippen LogP contribution in [-0.4, -0.2) is 22.2 Å². The van der Waals surface area contributed by atoms with Crippen LogP contribution in [0.15, 0.2) is 78.9 Å². The van der Waals surface area contributed by atoms with Crippen molar-refractivity contribution in [3.05, 3.63) is 90.1 Å². The number of halogens is 6. The second kappa shape index (κ2) is 10.4. The summed E-state index contributed by atoms with van der Waals surface area (Å²) in [6, 6.07) is 16.2. The Hall–Kier alpha value is -4.68. The quantitative estimate of drug-likeness (QED) is 0.250. The Kier molecular flexibility index (Phi) is 7.19. The standard InChI is InChI=1S/C25H18F6N4O3/c1-15-14-22(35(34-15)20-8-4-2-6-18(20)24(26,27)28)37-21-9-5-3-7-19(21)33-23(36)32-16-10-12-17(13-11-16)38-25(29,30)31/h2-14H,1H3,(H2,32,33,36). The van der Waals surface area contributed by atoms with Crippen molar-refractivity contribution in [1.82, 2.24) is 9.78 Å². The number of rotatable bonds is 6. The summed E-state index contributed by atoms with van der Waals surface area (Å²) in [6.45, 7) is 1.59. The lowest BCUT2D eigenvalue weighted by molar-refractivity contribution is -0.274. The van der Waals surface area contributed by atoms with Crippen LogP contribution in [0.3, 0.4) is 0 Å². The molecule has 3 aromatic carbocycles. The van der Waals surface area contributed by atoms with Crippen LogP contribution in [0.25, 0.3) is 5.69 Å². The monoisotopic (exact) mass is 536 g/mol. The number of amides is 2. The van der Waals surface area contributed by atoms with Crippen LogP contribution >= 0.6 is 0 Å². The van der Waals surface area contributed by atoms with Crippen LogP contribution < -0.4 is 20.1 Å². The van der Waals surface area contributed by atoms with E-state index in [4.69, 9.17) is 4.74 Å². The van der Waals surface area contributed by atoms with Gasteiger partial charge in [-0.2, -0.15) is 23.0 Å². The van der Waals surface area contributed by atoms with Gasteiger partial charge in [0.05, 0.1) is 22.6 Å². The summed E-state index contributed by atoms with van der Waals surface area (Å²) in [5.74, 6) is -0.391. The number of nitrogens with one attached hydrogen (secondary N) is 2. The van der Waals surface area contributed by atoms with Gasteiger partial charge in [0.25, 0.3) is 0 Å². The molecule has 0 radical (unpaired) electrons. The molecule has 4 aromatic rings. The molecule has 2 amide bonds. The number of benzene rings is 3. The predicted octanol–water partition coefficient (Wildman–Crippen LogP) is 7.53. The van der Waals surface area contributed by atoms with Gasteiger partial charge < -0.3 is 20.1 Å². The number of nitrogens with zero attached hydrogens (tertiary/aromatic N) is 2. The molecule has 1 aromatic heterocycles. The summed E-state index contributed by atoms with van der Waals surface area (Å²) in [4.78, 5) is 12.5. The van der Waals surface area contributed by atoms with E-state index in [1.54, 1.807) is 19.1 Å². The van der Waals surface area contributed by atoms with E-state index in [0.717, 1.165) is 22.9 Å². The first-order valence-electron chi connectivity index (χ1n) is 10.8. The Labute approximate surface area is 211 Å². The second-order valence-electron chi connectivity index (χ2n) is 7.80. The molecule has 0 aliphatic heterocycles. The lowest BCUT2D eigenvalue weighted by atomic mass is 10.1. The summed E-state index contributed by atoms with van der Waals surface area (Å²) in [5.41, 5.74) is -0.433. The molecule has 0 atom stereocenters. The third-order valence-electron chi connectivity index (χ3n) is 4.93. The first-order chi connectivity index (χ1) is 17.9. The summed E-state index contributed by atoms with van der Waals surface area (Å²) in [5, 5.41) is 9.13. The number of urea groups is 1. The number of alkyl halides is 6. The maximum absolute atomic E-state index is 13.6. The predicted molar refractivity (Wildman–Crippen MR) is 126 cm³/mol. The largest absolute Gasteiger partial charge is 0.573 e. The Morgan fingerprint density at radius 1 is 0.868 bits per heavy atom. The van der Waals surface area contributed by atoms with Crippen LogP contribution in [0.4, 0.5) is 42.5 Å². The zero-order valence-corrected chi connectivity index (χ0v) is 19.4. The van der Waals surface area contributed by atoms with Crippen LogP contribution in [0, 0.1) is 6.92 Å². The summed E-state index contributed by atoms with van der Waals surface area (Å²) < 4.78 is 88.4. The van der Waals surface area contributed by atoms with E-state index >= 15 is 0 Å². The fourth-order valence-corrected chi connectivity index (χ4v) is 3.42. The molecule has 4 rings (SSSR count). The molecule has 0 fully saturated rings. The average Bonchev–Trinajstić information content (AvgIpc) is 3.20. The molecule has 0 unspecified atom stereocenters. The van der Waals surface area contributed by atoms with Gasteiger partial charge >= 0.3 is 18.6 Å². The van der Waals surface area contributed by atoms with E-state index in [1.807, 2.05) is 0 Å². The summed E-state index contributed by atoms with van der Waals surface area (Å²) in [6.07, 6.45) is -9.49. The van der Waals surface area contributed by atoms with Crippen molar-refractivity contribution in [2.45, 2.75) is 19.5 Å². The SMILES string of the molecule is Cc1cc(Oc2ccccc2NC(=O)Nc2ccc(OC(F)(F)F)cc2)n(-c2ccccc2C(F)(F)F)n1. The Morgan fingerprint density at radius 3 is 2.21 bits per heavy atom. The minimum Gasteiger partial charge on any atom is -0.437 e. The van der Waals surface area contributed by atoms with E-state index in [1.165, 1.54) is 48.5 Å². The molecular formula is C25H18F6N4O3. The highest BCUT2D eigenvalue weighted by atomic mass is 19.4. The summed E-state index contributed by atoms with van der Waals surface area (Å²) >= 11 is 0. The number of aryl methyl sites for hydroxylation is 1. The zero-order chi connectivity index (χ0) is 27.5. The van der Waals surface area contributed by atoms with E-state index in [2.05, 4.69) is 20.5 Å². The fourth-order valence-electron chi connectivity index (χ4n) is 3.42. The van der Waals surface area contributed by atoms with E-state index in [0.29, 0.717) is 5.69 Å². The minimum absolute atomic E-state index is 0.0332. The molecule has 198 valence electrons. The zero-order valence-electron chi connectivity index (χ0n) is 19.4. The van der Waals surface area contributed by atoms with Gasteiger partial charge in [-0.1, -0.05) is 24.3 Å². The highest BCUT2D eigenvalue weighted by Crippen LogP contribution is 2.37. The molecule has 1 heterocycles. The highest BCUT2D eigenvalue weighted by Gasteiger charge is 2.34. The first-order valence-corrected chi connectivity index (χ1v) is 10.8. The van der Waals surface area contributed by atoms with Gasteiger partial charge in [0, 0.05) is 11.8 Å². The van der Waals surface area contributed by atoms with Crippen LogP contribution in [0.1, 0.15) is 11.3 Å². The molecule has 0 saturated heterocycles. The number of anilines is 2. The maximum atomic E-state index is 13.6. The van der Waals surface area contributed by atoms with Crippen LogP contribution in [-0.2, 0) is 6.18 Å². The highest BCUT2D eigenvalue weighted by molar-refractivity contribution is 6.00. The number of hydrogen-bond donors (Lipinski definition) is 2. The third-order valence-corrected chi connectivity index (χ3v) is 4.93. The van der Waals surface area contributed by atoms with Crippen molar-refractivity contribution in [3.63, 3.8) is 0 Å². The molecule has 7 nitrogen and oxygen atoms in total. The number of para-hydroxylation sites is 3. The molecule has 0 aliphatic carbocycles. The molecule has 13 heteroatoms. The van der Waals surface area contributed by atoms with Gasteiger partial charge in [-0.15, -0.1) is 13.2 Å². The molecule has 0 spiro atoms. The maximum Gasteiger partial charge on any atom is 0.573 e. The lowest BCUT2D eigenvalue weighted by Crippen LogP contribution is -2.20. The van der Waals surface area contributed by atoms with Crippen LogP contribution in [0.2, 0.25) is 0 Å². The van der Waals surface area contributed by atoms with Crippen molar-refractivity contribution in [1.29, 1.82) is 0 Å². The van der Waals surface area contributed by atoms with Crippen molar-refractivity contribution < 1.29 is 40.6 Å². The second-order valence-corrected chi connectivity index (χ2v) is 7.80. The first kappa shape index (κ1) is 26.4. The minimum atomic E-state index is -4.85. The third kappa shape index (κ3) is 6.55. The van der Waals surface area contributed by atoms with Gasteiger partial charge in [-0.05, 0) is 55.5 Å². The topological polar surface area (TPSA) is 77.4 Å². The van der Waals surface area contributed by atoms with Gasteiger partial charge in [0.2, 0.25) is 5.88 Å². The van der Waals surface area contributed by atoms with Crippen molar-refractivity contribution >= 4 is 17.4 Å². The normalized spacial score (nSPS) is 11.7. The van der Waals surface area contributed by atoms with Crippen molar-refractivity contribution in [2.75, 3.05) is 10.6 Å². The number of carbonyl (C=O) groups excluding carboxylic acids is 1. The van der Waals surface area contributed by atoms with Crippen LogP contribution in [0.5, 0.6) is 17.4 Å². The van der Waals surface area contributed by atoms with Crippen molar-refractivity contribution in [3.8, 4) is 23.1 Å². The Bertz CT molecular complexity index is 1430. The number of aromatic nitrogens is 2. The smallest absolute Gasteiger partial charge is 0.437 e.